The van der Waals surface area contributed by atoms with Crippen LogP contribution in [0.1, 0.15) is 32.6 Å². The van der Waals surface area contributed by atoms with Crippen LogP contribution in [-0.4, -0.2) is 39.3 Å². The second-order valence-electron chi connectivity index (χ2n) is 3.79. The molecule has 0 aromatic carbocycles. The number of aliphatic carboxylic acids is 1. The highest BCUT2D eigenvalue weighted by atomic mass is 32.1. The summed E-state index contributed by atoms with van der Waals surface area (Å²) in [6, 6.07) is -0.482. The lowest BCUT2D eigenvalue weighted by Gasteiger charge is -2.23. The minimum absolute atomic E-state index is 0.0865. The number of carbonyl (C=O) groups is 2. The van der Waals surface area contributed by atoms with E-state index in [-0.39, 0.29) is 5.78 Å². The van der Waals surface area contributed by atoms with E-state index in [4.69, 9.17) is 17.3 Å². The monoisotopic (exact) mass is 229 g/mol. The molecule has 0 aromatic heterocycles. The number of thiocarbonyl (C=S) groups is 1. The van der Waals surface area contributed by atoms with Gasteiger partial charge in [0.25, 0.3) is 0 Å². The van der Waals surface area contributed by atoms with Gasteiger partial charge in [0.15, 0.2) is 0 Å². The molecule has 0 saturated carbocycles. The number of ketones is 1. The number of likely N-dealkylation sites (tertiary alicyclic amines) is 1. The molecular formula is C10H15NO3S. The molecule has 4 nitrogen and oxygen atoms in total. The largest absolute Gasteiger partial charge is 0.480 e. The molecule has 1 heterocycles. The van der Waals surface area contributed by atoms with Gasteiger partial charge in [-0.15, -0.1) is 0 Å². The molecule has 1 aliphatic heterocycles. The molecule has 0 spiro atoms. The highest BCUT2D eigenvalue weighted by molar-refractivity contribution is 7.80. The van der Waals surface area contributed by atoms with E-state index in [9.17, 15) is 9.59 Å². The third-order valence-electron chi connectivity index (χ3n) is 2.55. The van der Waals surface area contributed by atoms with Crippen molar-refractivity contribution in [2.45, 2.75) is 38.6 Å². The van der Waals surface area contributed by atoms with Crippen molar-refractivity contribution in [2.75, 3.05) is 6.54 Å². The molecule has 5 heteroatoms. The van der Waals surface area contributed by atoms with Gasteiger partial charge in [0.2, 0.25) is 0 Å². The van der Waals surface area contributed by atoms with E-state index in [1.54, 1.807) is 4.90 Å². The van der Waals surface area contributed by atoms with Crippen molar-refractivity contribution in [3.05, 3.63) is 0 Å². The molecule has 1 N–H and O–H groups in total. The SMILES string of the molecule is CC(=O)CCC(=S)N1CCC[C@H]1C(=O)O. The first-order valence-corrected chi connectivity index (χ1v) is 5.45. The fraction of sp³-hybridized carbons (Fsp3) is 0.700. The summed E-state index contributed by atoms with van der Waals surface area (Å²) in [5.41, 5.74) is 0. The predicted molar refractivity (Wildman–Crippen MR) is 59.9 cm³/mol. The summed E-state index contributed by atoms with van der Waals surface area (Å²) in [5.74, 6) is -0.735. The summed E-state index contributed by atoms with van der Waals surface area (Å²) < 4.78 is 0. The Kier molecular flexibility index (Phi) is 4.20. The Labute approximate surface area is 94.3 Å². The molecule has 0 aliphatic carbocycles. The zero-order chi connectivity index (χ0) is 11.4. The molecule has 0 aromatic rings. The molecule has 0 amide bonds. The number of carboxylic acid groups (broad SMARTS) is 1. The van der Waals surface area contributed by atoms with Crippen LogP contribution in [0, 0.1) is 0 Å². The number of hydrogen-bond acceptors (Lipinski definition) is 3. The first kappa shape index (κ1) is 12.1. The summed E-state index contributed by atoms with van der Waals surface area (Å²) >= 11 is 5.14. The van der Waals surface area contributed by atoms with Gasteiger partial charge < -0.3 is 14.8 Å². The van der Waals surface area contributed by atoms with E-state index in [0.717, 1.165) is 6.42 Å². The van der Waals surface area contributed by atoms with Gasteiger partial charge in [0, 0.05) is 19.4 Å². The predicted octanol–water partition coefficient (Wildman–Crippen LogP) is 1.23. The van der Waals surface area contributed by atoms with Gasteiger partial charge in [-0.25, -0.2) is 4.79 Å². The molecular weight excluding hydrogens is 214 g/mol. The summed E-state index contributed by atoms with van der Waals surface area (Å²) in [5, 5.41) is 8.94. The lowest BCUT2D eigenvalue weighted by Crippen LogP contribution is -2.39. The lowest BCUT2D eigenvalue weighted by molar-refractivity contribution is -0.140. The average molecular weight is 229 g/mol. The van der Waals surface area contributed by atoms with Gasteiger partial charge in [-0.3, -0.25) is 0 Å². The Morgan fingerprint density at radius 1 is 1.47 bits per heavy atom. The number of carboxylic acids is 1. The molecule has 0 unspecified atom stereocenters. The van der Waals surface area contributed by atoms with Crippen molar-refractivity contribution >= 4 is 29.0 Å². The second kappa shape index (κ2) is 5.21. The van der Waals surface area contributed by atoms with E-state index < -0.39 is 12.0 Å². The van der Waals surface area contributed by atoms with Gasteiger partial charge in [0.05, 0.1) is 4.99 Å². The lowest BCUT2D eigenvalue weighted by atomic mass is 10.2. The van der Waals surface area contributed by atoms with E-state index in [0.29, 0.717) is 30.8 Å². The van der Waals surface area contributed by atoms with Crippen molar-refractivity contribution < 1.29 is 14.7 Å². The van der Waals surface area contributed by atoms with Crippen LogP contribution in [0.4, 0.5) is 0 Å². The molecule has 84 valence electrons. The third-order valence-corrected chi connectivity index (χ3v) is 2.99. The van der Waals surface area contributed by atoms with Crippen LogP contribution in [0.25, 0.3) is 0 Å². The van der Waals surface area contributed by atoms with Crippen LogP contribution in [0.5, 0.6) is 0 Å². The van der Waals surface area contributed by atoms with Crippen LogP contribution >= 0.6 is 12.2 Å². The highest BCUT2D eigenvalue weighted by Crippen LogP contribution is 2.19. The molecule has 1 saturated heterocycles. The fourth-order valence-electron chi connectivity index (χ4n) is 1.75. The van der Waals surface area contributed by atoms with Crippen LogP contribution in [0.2, 0.25) is 0 Å². The Hall–Kier alpha value is -0.970. The van der Waals surface area contributed by atoms with Gasteiger partial charge in [-0.05, 0) is 19.8 Å². The van der Waals surface area contributed by atoms with Gasteiger partial charge >= 0.3 is 5.97 Å². The van der Waals surface area contributed by atoms with Crippen molar-refractivity contribution in [1.29, 1.82) is 0 Å². The normalized spacial score (nSPS) is 20.3. The molecule has 1 fully saturated rings. The minimum Gasteiger partial charge on any atom is -0.480 e. The number of carbonyl (C=O) groups excluding carboxylic acids is 1. The quantitative estimate of drug-likeness (QED) is 0.735. The highest BCUT2D eigenvalue weighted by Gasteiger charge is 2.31. The zero-order valence-electron chi connectivity index (χ0n) is 8.73. The maximum Gasteiger partial charge on any atom is 0.326 e. The maximum absolute atomic E-state index is 10.9. The summed E-state index contributed by atoms with van der Waals surface area (Å²) in [6.07, 6.45) is 2.41. The Bertz CT molecular complexity index is 290. The van der Waals surface area contributed by atoms with Crippen LogP contribution in [-0.2, 0) is 9.59 Å². The smallest absolute Gasteiger partial charge is 0.326 e. The molecule has 0 radical (unpaired) electrons. The summed E-state index contributed by atoms with van der Waals surface area (Å²) in [7, 11) is 0. The minimum atomic E-state index is -0.822. The van der Waals surface area contributed by atoms with Gasteiger partial charge in [-0.2, -0.15) is 0 Å². The molecule has 1 aliphatic rings. The van der Waals surface area contributed by atoms with Crippen molar-refractivity contribution in [1.82, 2.24) is 4.90 Å². The number of nitrogens with zero attached hydrogens (tertiary/aromatic N) is 1. The Balaban J connectivity index is 2.51. The van der Waals surface area contributed by atoms with E-state index in [1.807, 2.05) is 0 Å². The number of Topliss-reactive ketones (excluding diaryl/α,β-unsaturated/α-hetero) is 1. The van der Waals surface area contributed by atoms with Crippen molar-refractivity contribution in [3.8, 4) is 0 Å². The zero-order valence-corrected chi connectivity index (χ0v) is 9.55. The van der Waals surface area contributed by atoms with Crippen LogP contribution < -0.4 is 0 Å². The standard InChI is InChI=1S/C10H15NO3S/c1-7(12)4-5-9(15)11-6-2-3-8(11)10(13)14/h8H,2-6H2,1H3,(H,13,14)/t8-/m0/s1. The van der Waals surface area contributed by atoms with E-state index in [1.165, 1.54) is 6.92 Å². The molecule has 1 rings (SSSR count). The first-order chi connectivity index (χ1) is 7.02. The Morgan fingerprint density at radius 3 is 2.67 bits per heavy atom. The molecule has 1 atom stereocenters. The Morgan fingerprint density at radius 2 is 2.13 bits per heavy atom. The second-order valence-corrected chi connectivity index (χ2v) is 4.26. The first-order valence-electron chi connectivity index (χ1n) is 5.04. The van der Waals surface area contributed by atoms with Crippen molar-refractivity contribution in [2.24, 2.45) is 0 Å². The number of rotatable bonds is 4. The van der Waals surface area contributed by atoms with E-state index in [2.05, 4.69) is 0 Å². The summed E-state index contributed by atoms with van der Waals surface area (Å²) in [4.78, 5) is 24.0. The maximum atomic E-state index is 10.9. The third kappa shape index (κ3) is 3.27. The average Bonchev–Trinajstić information content (AvgIpc) is 2.62. The summed E-state index contributed by atoms with van der Waals surface area (Å²) in [6.45, 7) is 2.22. The van der Waals surface area contributed by atoms with Crippen LogP contribution in [0.15, 0.2) is 0 Å². The fourth-order valence-corrected chi connectivity index (χ4v) is 2.07. The van der Waals surface area contributed by atoms with Gasteiger partial charge in [0.1, 0.15) is 11.8 Å². The topological polar surface area (TPSA) is 57.6 Å². The van der Waals surface area contributed by atoms with E-state index >= 15 is 0 Å². The number of hydrogen-bond donors (Lipinski definition) is 1. The van der Waals surface area contributed by atoms with Crippen LogP contribution in [0.3, 0.4) is 0 Å². The molecule has 0 bridgehead atoms. The van der Waals surface area contributed by atoms with Crippen molar-refractivity contribution in [3.63, 3.8) is 0 Å². The molecule has 15 heavy (non-hydrogen) atoms. The van der Waals surface area contributed by atoms with Gasteiger partial charge in [-0.1, -0.05) is 12.2 Å².